The highest BCUT2D eigenvalue weighted by Crippen LogP contribution is 2.21. The van der Waals surface area contributed by atoms with Gasteiger partial charge in [-0.15, -0.1) is 0 Å². The monoisotopic (exact) mass is 387 g/mol. The molecule has 1 saturated heterocycles. The van der Waals surface area contributed by atoms with E-state index in [-0.39, 0.29) is 5.91 Å². The number of carbonyl (C=O) groups excluding carboxylic acids is 1. The number of piperazine rings is 1. The van der Waals surface area contributed by atoms with Crippen LogP contribution < -0.4 is 15.1 Å². The molecule has 6 nitrogen and oxygen atoms in total. The van der Waals surface area contributed by atoms with E-state index < -0.39 is 0 Å². The van der Waals surface area contributed by atoms with Gasteiger partial charge in [-0.25, -0.2) is 9.97 Å². The summed E-state index contributed by atoms with van der Waals surface area (Å²) in [6.07, 6.45) is 3.48. The van der Waals surface area contributed by atoms with Gasteiger partial charge in [-0.3, -0.25) is 4.79 Å². The van der Waals surface area contributed by atoms with Crippen LogP contribution in [0, 0.1) is 13.8 Å². The van der Waals surface area contributed by atoms with Crippen LogP contribution in [0.1, 0.15) is 21.5 Å². The van der Waals surface area contributed by atoms with E-state index in [0.717, 1.165) is 54.6 Å². The number of pyridine rings is 2. The number of aromatic nitrogens is 2. The third-order valence-electron chi connectivity index (χ3n) is 5.31. The van der Waals surface area contributed by atoms with Crippen molar-refractivity contribution in [1.29, 1.82) is 0 Å². The molecule has 2 aromatic heterocycles. The molecule has 0 unspecified atom stereocenters. The minimum atomic E-state index is -0.138. The molecular formula is C23H25N5O. The molecule has 0 aliphatic carbocycles. The van der Waals surface area contributed by atoms with Crippen molar-refractivity contribution in [1.82, 2.24) is 9.97 Å². The summed E-state index contributed by atoms with van der Waals surface area (Å²) in [4.78, 5) is 26.1. The third-order valence-corrected chi connectivity index (χ3v) is 5.31. The molecule has 1 fully saturated rings. The molecule has 1 aromatic carbocycles. The van der Waals surface area contributed by atoms with Crippen molar-refractivity contribution in [3.8, 4) is 0 Å². The van der Waals surface area contributed by atoms with Gasteiger partial charge in [0.15, 0.2) is 0 Å². The predicted octanol–water partition coefficient (Wildman–Crippen LogP) is 3.67. The summed E-state index contributed by atoms with van der Waals surface area (Å²) in [5.74, 6) is 1.77. The summed E-state index contributed by atoms with van der Waals surface area (Å²) in [5, 5.41) is 3.01. The summed E-state index contributed by atoms with van der Waals surface area (Å²) in [6.45, 7) is 7.53. The van der Waals surface area contributed by atoms with Gasteiger partial charge in [0.05, 0.1) is 5.56 Å². The highest BCUT2D eigenvalue weighted by Gasteiger charge is 2.19. The first kappa shape index (κ1) is 18.9. The van der Waals surface area contributed by atoms with Gasteiger partial charge >= 0.3 is 0 Å². The van der Waals surface area contributed by atoms with Gasteiger partial charge in [0.2, 0.25) is 0 Å². The molecule has 0 radical (unpaired) electrons. The number of nitrogens with one attached hydrogen (secondary N) is 1. The van der Waals surface area contributed by atoms with Crippen LogP contribution in [0.3, 0.4) is 0 Å². The van der Waals surface area contributed by atoms with E-state index in [1.807, 2.05) is 68.6 Å². The summed E-state index contributed by atoms with van der Waals surface area (Å²) >= 11 is 0. The Bertz CT molecular complexity index is 960. The zero-order valence-electron chi connectivity index (χ0n) is 16.8. The number of para-hydroxylation sites is 1. The first-order valence-corrected chi connectivity index (χ1v) is 9.86. The smallest absolute Gasteiger partial charge is 0.257 e. The minimum absolute atomic E-state index is 0.138. The number of benzene rings is 1. The first-order chi connectivity index (χ1) is 14.1. The van der Waals surface area contributed by atoms with Crippen molar-refractivity contribution in [3.63, 3.8) is 0 Å². The Morgan fingerprint density at radius 2 is 1.48 bits per heavy atom. The molecule has 4 rings (SSSR count). The zero-order valence-corrected chi connectivity index (χ0v) is 16.8. The Kier molecular flexibility index (Phi) is 5.42. The van der Waals surface area contributed by atoms with Crippen molar-refractivity contribution in [2.45, 2.75) is 13.8 Å². The summed E-state index contributed by atoms with van der Waals surface area (Å²) < 4.78 is 0. The Morgan fingerprint density at radius 1 is 0.828 bits per heavy atom. The van der Waals surface area contributed by atoms with Crippen molar-refractivity contribution in [2.75, 3.05) is 41.3 Å². The third kappa shape index (κ3) is 4.21. The lowest BCUT2D eigenvalue weighted by molar-refractivity contribution is 0.102. The number of anilines is 3. The molecule has 0 saturated carbocycles. The lowest BCUT2D eigenvalue weighted by Crippen LogP contribution is -2.47. The molecule has 0 spiro atoms. The maximum Gasteiger partial charge on any atom is 0.257 e. The SMILES string of the molecule is Cc1cccc(C)c1NC(=O)c1ccc(N2CCN(c3ccccn3)CC2)nc1. The van der Waals surface area contributed by atoms with E-state index in [0.29, 0.717) is 5.56 Å². The number of hydrogen-bond donors (Lipinski definition) is 1. The molecule has 3 heterocycles. The fourth-order valence-corrected chi connectivity index (χ4v) is 3.61. The normalized spacial score (nSPS) is 14.0. The number of amides is 1. The van der Waals surface area contributed by atoms with Gasteiger partial charge in [-0.05, 0) is 49.2 Å². The van der Waals surface area contributed by atoms with Crippen molar-refractivity contribution in [2.24, 2.45) is 0 Å². The Hall–Kier alpha value is -3.41. The van der Waals surface area contributed by atoms with Crippen molar-refractivity contribution >= 4 is 23.2 Å². The Labute approximate surface area is 171 Å². The van der Waals surface area contributed by atoms with Gasteiger partial charge in [-0.1, -0.05) is 24.3 Å². The van der Waals surface area contributed by atoms with E-state index in [1.165, 1.54) is 0 Å². The molecule has 6 heteroatoms. The summed E-state index contributed by atoms with van der Waals surface area (Å²) in [7, 11) is 0. The average molecular weight is 387 g/mol. The maximum absolute atomic E-state index is 12.6. The second-order valence-corrected chi connectivity index (χ2v) is 7.29. The first-order valence-electron chi connectivity index (χ1n) is 9.86. The fraction of sp³-hybridized carbons (Fsp3) is 0.261. The van der Waals surface area contributed by atoms with Crippen LogP contribution >= 0.6 is 0 Å². The minimum Gasteiger partial charge on any atom is -0.353 e. The molecule has 0 atom stereocenters. The molecule has 1 aliphatic heterocycles. The highest BCUT2D eigenvalue weighted by molar-refractivity contribution is 6.05. The molecule has 1 aliphatic rings. The van der Waals surface area contributed by atoms with Crippen LogP contribution in [0.25, 0.3) is 0 Å². The zero-order chi connectivity index (χ0) is 20.2. The summed E-state index contributed by atoms with van der Waals surface area (Å²) in [5.41, 5.74) is 3.53. The molecule has 3 aromatic rings. The lowest BCUT2D eigenvalue weighted by Gasteiger charge is -2.36. The predicted molar refractivity (Wildman–Crippen MR) is 117 cm³/mol. The second kappa shape index (κ2) is 8.31. The molecule has 0 bridgehead atoms. The number of carbonyl (C=O) groups is 1. The highest BCUT2D eigenvalue weighted by atomic mass is 16.1. The van der Waals surface area contributed by atoms with Crippen LogP contribution in [0.2, 0.25) is 0 Å². The standard InChI is InChI=1S/C23H25N5O/c1-17-6-5-7-18(2)22(17)26-23(29)19-9-10-21(25-16-19)28-14-12-27(13-15-28)20-8-3-4-11-24-20/h3-11,16H,12-15H2,1-2H3,(H,26,29). The molecule has 1 amide bonds. The number of nitrogens with zero attached hydrogens (tertiary/aromatic N) is 4. The van der Waals surface area contributed by atoms with Crippen LogP contribution in [-0.4, -0.2) is 42.1 Å². The van der Waals surface area contributed by atoms with E-state index >= 15 is 0 Å². The number of rotatable bonds is 4. The van der Waals surface area contributed by atoms with Crippen LogP contribution in [0.15, 0.2) is 60.9 Å². The number of aryl methyl sites for hydroxylation is 2. The largest absolute Gasteiger partial charge is 0.353 e. The number of hydrogen-bond acceptors (Lipinski definition) is 5. The van der Waals surface area contributed by atoms with E-state index in [1.54, 1.807) is 6.20 Å². The topological polar surface area (TPSA) is 61.4 Å². The van der Waals surface area contributed by atoms with E-state index in [9.17, 15) is 4.79 Å². The van der Waals surface area contributed by atoms with Crippen molar-refractivity contribution < 1.29 is 4.79 Å². The fourth-order valence-electron chi connectivity index (χ4n) is 3.61. The quantitative estimate of drug-likeness (QED) is 0.740. The molecule has 148 valence electrons. The van der Waals surface area contributed by atoms with Gasteiger partial charge in [-0.2, -0.15) is 0 Å². The Morgan fingerprint density at radius 3 is 2.03 bits per heavy atom. The Balaban J connectivity index is 1.39. The van der Waals surface area contributed by atoms with Crippen LogP contribution in [0.5, 0.6) is 0 Å². The maximum atomic E-state index is 12.6. The van der Waals surface area contributed by atoms with Crippen LogP contribution in [0.4, 0.5) is 17.3 Å². The van der Waals surface area contributed by atoms with Gasteiger partial charge < -0.3 is 15.1 Å². The average Bonchev–Trinajstić information content (AvgIpc) is 2.77. The molecular weight excluding hydrogens is 362 g/mol. The lowest BCUT2D eigenvalue weighted by atomic mass is 10.1. The molecule has 29 heavy (non-hydrogen) atoms. The van der Waals surface area contributed by atoms with Gasteiger partial charge in [0.1, 0.15) is 11.6 Å². The summed E-state index contributed by atoms with van der Waals surface area (Å²) in [6, 6.07) is 15.7. The van der Waals surface area contributed by atoms with Crippen LogP contribution in [-0.2, 0) is 0 Å². The van der Waals surface area contributed by atoms with E-state index in [2.05, 4.69) is 25.1 Å². The van der Waals surface area contributed by atoms with Gasteiger partial charge in [0, 0.05) is 44.3 Å². The second-order valence-electron chi connectivity index (χ2n) is 7.29. The molecule has 1 N–H and O–H groups in total. The van der Waals surface area contributed by atoms with Crippen molar-refractivity contribution in [3.05, 3.63) is 77.6 Å². The van der Waals surface area contributed by atoms with E-state index in [4.69, 9.17) is 0 Å². The van der Waals surface area contributed by atoms with Gasteiger partial charge in [0.25, 0.3) is 5.91 Å².